The van der Waals surface area contributed by atoms with Gasteiger partial charge in [-0.05, 0) is 67.6 Å². The van der Waals surface area contributed by atoms with Crippen LogP contribution in [0.2, 0.25) is 0 Å². The predicted octanol–water partition coefficient (Wildman–Crippen LogP) is 4.51. The van der Waals surface area contributed by atoms with E-state index in [9.17, 15) is 0 Å². The molecule has 0 amide bonds. The van der Waals surface area contributed by atoms with Crippen molar-refractivity contribution in [2.24, 2.45) is 0 Å². The van der Waals surface area contributed by atoms with Crippen molar-refractivity contribution in [3.8, 4) is 16.2 Å². The normalized spacial score (nSPS) is 10.8. The van der Waals surface area contributed by atoms with Crippen LogP contribution in [-0.4, -0.2) is 6.10 Å². The van der Waals surface area contributed by atoms with Crippen LogP contribution in [-0.2, 0) is 0 Å². The van der Waals surface area contributed by atoms with Gasteiger partial charge < -0.3 is 4.74 Å². The van der Waals surface area contributed by atoms with E-state index >= 15 is 0 Å². The first-order valence-corrected chi connectivity index (χ1v) is 6.36. The molecule has 0 spiro atoms. The fourth-order valence-electron chi connectivity index (χ4n) is 1.63. The Morgan fingerprint density at radius 3 is 2.25 bits per heavy atom. The van der Waals surface area contributed by atoms with E-state index < -0.39 is 0 Å². The van der Waals surface area contributed by atoms with Crippen LogP contribution in [0.4, 0.5) is 0 Å². The van der Waals surface area contributed by atoms with Crippen molar-refractivity contribution in [3.63, 3.8) is 0 Å². The summed E-state index contributed by atoms with van der Waals surface area (Å²) >= 11 is 1.78. The van der Waals surface area contributed by atoms with Crippen molar-refractivity contribution < 1.29 is 4.74 Å². The molecule has 0 fully saturated rings. The smallest absolute Gasteiger partial charge is 0.119 e. The first-order valence-electron chi connectivity index (χ1n) is 5.48. The molecule has 2 heteroatoms. The van der Waals surface area contributed by atoms with Crippen LogP contribution in [0.5, 0.6) is 5.75 Å². The van der Waals surface area contributed by atoms with Crippen LogP contribution in [0.15, 0.2) is 35.7 Å². The molecular formula is C14H16OS. The summed E-state index contributed by atoms with van der Waals surface area (Å²) in [7, 11) is 0. The predicted molar refractivity (Wildman–Crippen MR) is 70.3 cm³/mol. The molecule has 0 atom stereocenters. The molecule has 0 radical (unpaired) electrons. The van der Waals surface area contributed by atoms with E-state index in [1.807, 2.05) is 26.0 Å². The van der Waals surface area contributed by atoms with E-state index in [-0.39, 0.29) is 6.10 Å². The molecule has 0 saturated carbocycles. The molecular weight excluding hydrogens is 216 g/mol. The van der Waals surface area contributed by atoms with Crippen molar-refractivity contribution in [2.75, 3.05) is 0 Å². The molecule has 0 N–H and O–H groups in total. The van der Waals surface area contributed by atoms with Gasteiger partial charge in [-0.3, -0.25) is 0 Å². The lowest BCUT2D eigenvalue weighted by molar-refractivity contribution is 0.242. The summed E-state index contributed by atoms with van der Waals surface area (Å²) in [6, 6.07) is 10.5. The summed E-state index contributed by atoms with van der Waals surface area (Å²) in [6.07, 6.45) is 0.231. The average molecular weight is 232 g/mol. The molecule has 0 unspecified atom stereocenters. The summed E-state index contributed by atoms with van der Waals surface area (Å²) in [5, 5.41) is 2.13. The van der Waals surface area contributed by atoms with Crippen LogP contribution in [0.3, 0.4) is 0 Å². The number of hydrogen-bond acceptors (Lipinski definition) is 2. The monoisotopic (exact) mass is 232 g/mol. The molecule has 84 valence electrons. The van der Waals surface area contributed by atoms with Crippen molar-refractivity contribution in [1.29, 1.82) is 0 Å². The first kappa shape index (κ1) is 11.2. The Bertz CT molecular complexity index is 454. The Morgan fingerprint density at radius 1 is 1.06 bits per heavy atom. The molecule has 1 heterocycles. The molecule has 0 saturated heterocycles. The van der Waals surface area contributed by atoms with Gasteiger partial charge in [-0.1, -0.05) is 0 Å². The fourth-order valence-corrected chi connectivity index (χ4v) is 2.56. The highest BCUT2D eigenvalue weighted by atomic mass is 32.1. The van der Waals surface area contributed by atoms with Gasteiger partial charge in [0.15, 0.2) is 0 Å². The second kappa shape index (κ2) is 4.71. The van der Waals surface area contributed by atoms with E-state index in [0.717, 1.165) is 5.75 Å². The van der Waals surface area contributed by atoms with E-state index in [2.05, 4.69) is 30.5 Å². The van der Waals surface area contributed by atoms with Crippen LogP contribution in [0.25, 0.3) is 10.4 Å². The molecule has 2 aromatic rings. The largest absolute Gasteiger partial charge is 0.491 e. The average Bonchev–Trinajstić information content (AvgIpc) is 2.65. The summed E-state index contributed by atoms with van der Waals surface area (Å²) < 4.78 is 5.62. The van der Waals surface area contributed by atoms with Crippen LogP contribution in [0.1, 0.15) is 19.4 Å². The van der Waals surface area contributed by atoms with Crippen molar-refractivity contribution >= 4 is 11.3 Å². The van der Waals surface area contributed by atoms with Gasteiger partial charge in [-0.2, -0.15) is 0 Å². The Balaban J connectivity index is 2.23. The SMILES string of the molecule is Cc1ccsc1-c1ccc(OC(C)C)cc1. The van der Waals surface area contributed by atoms with Crippen molar-refractivity contribution in [2.45, 2.75) is 26.9 Å². The Kier molecular flexibility index (Phi) is 3.30. The highest BCUT2D eigenvalue weighted by molar-refractivity contribution is 7.13. The topological polar surface area (TPSA) is 9.23 Å². The molecule has 2 rings (SSSR count). The third-order valence-electron chi connectivity index (χ3n) is 2.35. The molecule has 0 aliphatic carbocycles. The lowest BCUT2D eigenvalue weighted by Gasteiger charge is -2.09. The van der Waals surface area contributed by atoms with Gasteiger partial charge in [0, 0.05) is 4.88 Å². The van der Waals surface area contributed by atoms with Crippen molar-refractivity contribution in [3.05, 3.63) is 41.3 Å². The lowest BCUT2D eigenvalue weighted by Crippen LogP contribution is -2.05. The minimum Gasteiger partial charge on any atom is -0.491 e. The standard InChI is InChI=1S/C14H16OS/c1-10(2)15-13-6-4-12(5-7-13)14-11(3)8-9-16-14/h4-10H,1-3H3. The Morgan fingerprint density at radius 2 is 1.75 bits per heavy atom. The summed E-state index contributed by atoms with van der Waals surface area (Å²) in [4.78, 5) is 1.34. The molecule has 16 heavy (non-hydrogen) atoms. The van der Waals surface area contributed by atoms with Gasteiger partial charge in [-0.25, -0.2) is 0 Å². The lowest BCUT2D eigenvalue weighted by atomic mass is 10.1. The number of ether oxygens (including phenoxy) is 1. The third-order valence-corrected chi connectivity index (χ3v) is 3.42. The van der Waals surface area contributed by atoms with Gasteiger partial charge >= 0.3 is 0 Å². The third kappa shape index (κ3) is 2.45. The molecule has 0 aliphatic heterocycles. The first-order chi connectivity index (χ1) is 7.66. The second-order valence-corrected chi connectivity index (χ2v) is 5.04. The quantitative estimate of drug-likeness (QED) is 0.756. The Labute approximate surface area is 101 Å². The zero-order valence-electron chi connectivity index (χ0n) is 9.86. The minimum atomic E-state index is 0.231. The molecule has 1 aromatic heterocycles. The number of thiophene rings is 1. The molecule has 0 aliphatic rings. The maximum atomic E-state index is 5.62. The van der Waals surface area contributed by atoms with Crippen molar-refractivity contribution in [1.82, 2.24) is 0 Å². The zero-order chi connectivity index (χ0) is 11.5. The number of aryl methyl sites for hydroxylation is 1. The van der Waals surface area contributed by atoms with E-state index in [0.29, 0.717) is 0 Å². The van der Waals surface area contributed by atoms with Crippen LogP contribution < -0.4 is 4.74 Å². The van der Waals surface area contributed by atoms with Gasteiger partial charge in [0.1, 0.15) is 5.75 Å². The number of hydrogen-bond donors (Lipinski definition) is 0. The molecule has 1 nitrogen and oxygen atoms in total. The van der Waals surface area contributed by atoms with E-state index in [1.54, 1.807) is 11.3 Å². The van der Waals surface area contributed by atoms with Crippen LogP contribution >= 0.6 is 11.3 Å². The number of benzene rings is 1. The maximum Gasteiger partial charge on any atom is 0.119 e. The second-order valence-electron chi connectivity index (χ2n) is 4.12. The maximum absolute atomic E-state index is 5.62. The highest BCUT2D eigenvalue weighted by Gasteiger charge is 2.03. The van der Waals surface area contributed by atoms with Gasteiger partial charge in [0.05, 0.1) is 6.10 Å². The van der Waals surface area contributed by atoms with E-state index in [1.165, 1.54) is 16.0 Å². The van der Waals surface area contributed by atoms with Gasteiger partial charge in [0.25, 0.3) is 0 Å². The summed E-state index contributed by atoms with van der Waals surface area (Å²) in [6.45, 7) is 6.22. The fraction of sp³-hybridized carbons (Fsp3) is 0.286. The zero-order valence-corrected chi connectivity index (χ0v) is 10.7. The van der Waals surface area contributed by atoms with Crippen LogP contribution in [0, 0.1) is 6.92 Å². The van der Waals surface area contributed by atoms with Gasteiger partial charge in [-0.15, -0.1) is 11.3 Å². The molecule has 1 aromatic carbocycles. The summed E-state index contributed by atoms with van der Waals surface area (Å²) in [5.41, 5.74) is 2.60. The summed E-state index contributed by atoms with van der Waals surface area (Å²) in [5.74, 6) is 0.938. The highest BCUT2D eigenvalue weighted by Crippen LogP contribution is 2.30. The Hall–Kier alpha value is -1.28. The number of rotatable bonds is 3. The molecule has 0 bridgehead atoms. The van der Waals surface area contributed by atoms with Gasteiger partial charge in [0.2, 0.25) is 0 Å². The van der Waals surface area contributed by atoms with E-state index in [4.69, 9.17) is 4.74 Å². The minimum absolute atomic E-state index is 0.231.